The summed E-state index contributed by atoms with van der Waals surface area (Å²) in [5.41, 5.74) is 0.495. The third-order valence-electron chi connectivity index (χ3n) is 2.91. The van der Waals surface area contributed by atoms with Crippen molar-refractivity contribution < 1.29 is 19.3 Å². The number of anilines is 2. The molecule has 0 aliphatic rings. The standard InChI is InChI=1S/C16H13ClN4O5/c17-13-6-1-2-7-14(13)20-16(23)10-26-18-9-15(22)19-11-4-3-5-12(8-11)21(24)25/h1-9H,10H2,(H,19,22)(H,20,23)/b18-9-. The highest BCUT2D eigenvalue weighted by atomic mass is 35.5. The fourth-order valence-corrected chi connectivity index (χ4v) is 1.98. The zero-order valence-electron chi connectivity index (χ0n) is 13.2. The van der Waals surface area contributed by atoms with E-state index in [1.807, 2.05) is 0 Å². The lowest BCUT2D eigenvalue weighted by atomic mass is 10.3. The van der Waals surface area contributed by atoms with E-state index in [9.17, 15) is 19.7 Å². The van der Waals surface area contributed by atoms with Crippen molar-refractivity contribution in [3.05, 3.63) is 63.7 Å². The van der Waals surface area contributed by atoms with Crippen molar-refractivity contribution in [3.8, 4) is 0 Å². The number of carbonyl (C=O) groups is 2. The van der Waals surface area contributed by atoms with Crippen LogP contribution in [0.3, 0.4) is 0 Å². The van der Waals surface area contributed by atoms with Crippen molar-refractivity contribution in [2.24, 2.45) is 5.16 Å². The minimum Gasteiger partial charge on any atom is -0.385 e. The Bertz CT molecular complexity index is 856. The number of para-hydroxylation sites is 1. The molecule has 0 spiro atoms. The van der Waals surface area contributed by atoms with Crippen LogP contribution in [0.1, 0.15) is 0 Å². The molecule has 0 heterocycles. The normalized spacial score (nSPS) is 10.3. The van der Waals surface area contributed by atoms with E-state index >= 15 is 0 Å². The lowest BCUT2D eigenvalue weighted by molar-refractivity contribution is -0.384. The molecule has 0 bridgehead atoms. The van der Waals surface area contributed by atoms with Gasteiger partial charge in [0.15, 0.2) is 6.61 Å². The first-order valence-corrected chi connectivity index (χ1v) is 7.58. The molecule has 0 aromatic heterocycles. The Morgan fingerprint density at radius 1 is 1.19 bits per heavy atom. The summed E-state index contributed by atoms with van der Waals surface area (Å²) in [4.78, 5) is 38.1. The van der Waals surface area contributed by atoms with Gasteiger partial charge >= 0.3 is 0 Å². The minimum absolute atomic E-state index is 0.160. The van der Waals surface area contributed by atoms with Crippen LogP contribution in [0.25, 0.3) is 0 Å². The van der Waals surface area contributed by atoms with Crippen molar-refractivity contribution in [2.75, 3.05) is 17.2 Å². The van der Waals surface area contributed by atoms with Crippen LogP contribution in [0, 0.1) is 10.1 Å². The van der Waals surface area contributed by atoms with E-state index in [4.69, 9.17) is 16.4 Å². The van der Waals surface area contributed by atoms with Crippen LogP contribution in [-0.2, 0) is 14.4 Å². The van der Waals surface area contributed by atoms with Gasteiger partial charge < -0.3 is 15.5 Å². The van der Waals surface area contributed by atoms with Gasteiger partial charge in [0, 0.05) is 17.8 Å². The predicted molar refractivity (Wildman–Crippen MR) is 96.3 cm³/mol. The molecule has 2 rings (SSSR count). The fraction of sp³-hybridized carbons (Fsp3) is 0.0625. The van der Waals surface area contributed by atoms with Crippen molar-refractivity contribution >= 4 is 46.7 Å². The molecule has 134 valence electrons. The molecule has 10 heteroatoms. The molecule has 9 nitrogen and oxygen atoms in total. The van der Waals surface area contributed by atoms with Gasteiger partial charge in [0.25, 0.3) is 17.5 Å². The molecular formula is C16H13ClN4O5. The highest BCUT2D eigenvalue weighted by Crippen LogP contribution is 2.20. The zero-order valence-corrected chi connectivity index (χ0v) is 14.0. The number of non-ortho nitro benzene ring substituents is 1. The van der Waals surface area contributed by atoms with Crippen LogP contribution in [0.4, 0.5) is 17.1 Å². The maximum atomic E-state index is 11.7. The highest BCUT2D eigenvalue weighted by molar-refractivity contribution is 6.33. The molecule has 0 aliphatic heterocycles. The number of hydrogen-bond donors (Lipinski definition) is 2. The number of nitrogens with zero attached hydrogens (tertiary/aromatic N) is 2. The predicted octanol–water partition coefficient (Wildman–Crippen LogP) is 2.83. The van der Waals surface area contributed by atoms with Gasteiger partial charge in [-0.1, -0.05) is 35.0 Å². The Morgan fingerprint density at radius 3 is 2.69 bits per heavy atom. The number of nitro benzene ring substituents is 1. The summed E-state index contributed by atoms with van der Waals surface area (Å²) in [5, 5.41) is 19.3. The number of nitrogens with one attached hydrogen (secondary N) is 2. The molecule has 0 saturated carbocycles. The number of oxime groups is 1. The van der Waals surface area contributed by atoms with Crippen LogP contribution in [-0.4, -0.2) is 29.6 Å². The van der Waals surface area contributed by atoms with Crippen LogP contribution in [0.2, 0.25) is 5.02 Å². The fourth-order valence-electron chi connectivity index (χ4n) is 1.80. The molecule has 0 aliphatic carbocycles. The van der Waals surface area contributed by atoms with Gasteiger partial charge in [0.2, 0.25) is 0 Å². The molecule has 2 aromatic carbocycles. The molecule has 0 fully saturated rings. The zero-order chi connectivity index (χ0) is 18.9. The van der Waals surface area contributed by atoms with Gasteiger partial charge in [-0.25, -0.2) is 0 Å². The number of hydrogen-bond acceptors (Lipinski definition) is 6. The number of halogens is 1. The number of nitro groups is 1. The van der Waals surface area contributed by atoms with E-state index in [1.54, 1.807) is 24.3 Å². The van der Waals surface area contributed by atoms with E-state index in [0.29, 0.717) is 10.7 Å². The largest absolute Gasteiger partial charge is 0.385 e. The molecule has 0 radical (unpaired) electrons. The van der Waals surface area contributed by atoms with Gasteiger partial charge in [-0.2, -0.15) is 0 Å². The van der Waals surface area contributed by atoms with Crippen LogP contribution in [0.5, 0.6) is 0 Å². The topological polar surface area (TPSA) is 123 Å². The third-order valence-corrected chi connectivity index (χ3v) is 3.24. The van der Waals surface area contributed by atoms with Crippen LogP contribution in [0.15, 0.2) is 53.7 Å². The molecule has 0 atom stereocenters. The minimum atomic E-state index is -0.669. The third kappa shape index (κ3) is 5.87. The summed E-state index contributed by atoms with van der Waals surface area (Å²) in [5.74, 6) is -1.17. The first kappa shape index (κ1) is 18.9. The van der Waals surface area contributed by atoms with Crippen LogP contribution >= 0.6 is 11.6 Å². The Kier molecular flexibility index (Phi) is 6.63. The van der Waals surface area contributed by atoms with Gasteiger partial charge in [-0.05, 0) is 18.2 Å². The molecule has 26 heavy (non-hydrogen) atoms. The van der Waals surface area contributed by atoms with Gasteiger partial charge in [0.05, 0.1) is 15.6 Å². The lowest BCUT2D eigenvalue weighted by Gasteiger charge is -2.05. The Balaban J connectivity index is 1.78. The smallest absolute Gasteiger partial charge is 0.271 e. The van der Waals surface area contributed by atoms with Gasteiger partial charge in [0.1, 0.15) is 6.21 Å². The molecule has 2 aromatic rings. The summed E-state index contributed by atoms with van der Waals surface area (Å²) in [7, 11) is 0. The van der Waals surface area contributed by atoms with Crippen molar-refractivity contribution in [1.82, 2.24) is 0 Å². The monoisotopic (exact) mass is 376 g/mol. The van der Waals surface area contributed by atoms with Crippen molar-refractivity contribution in [1.29, 1.82) is 0 Å². The van der Waals surface area contributed by atoms with Crippen LogP contribution < -0.4 is 10.6 Å². The molecule has 2 amide bonds. The Hall–Kier alpha value is -3.46. The average molecular weight is 377 g/mol. The van der Waals surface area contributed by atoms with Gasteiger partial charge in [-0.3, -0.25) is 19.7 Å². The second-order valence-electron chi connectivity index (χ2n) is 4.83. The highest BCUT2D eigenvalue weighted by Gasteiger charge is 2.08. The SMILES string of the molecule is O=C(/C=N\OCC(=O)Nc1ccccc1Cl)Nc1cccc([N+](=O)[O-])c1. The average Bonchev–Trinajstić information content (AvgIpc) is 2.61. The summed E-state index contributed by atoms with van der Waals surface area (Å²) in [6, 6.07) is 12.1. The van der Waals surface area contributed by atoms with Crippen molar-refractivity contribution in [2.45, 2.75) is 0 Å². The van der Waals surface area contributed by atoms with Gasteiger partial charge in [-0.15, -0.1) is 0 Å². The van der Waals surface area contributed by atoms with E-state index in [2.05, 4.69) is 15.8 Å². The van der Waals surface area contributed by atoms with E-state index in [1.165, 1.54) is 24.3 Å². The summed E-state index contributed by atoms with van der Waals surface area (Å²) >= 11 is 5.90. The maximum absolute atomic E-state index is 11.7. The number of benzene rings is 2. The second kappa shape index (κ2) is 9.14. The Labute approximate surface area is 152 Å². The Morgan fingerprint density at radius 2 is 1.96 bits per heavy atom. The van der Waals surface area contributed by atoms with E-state index in [0.717, 1.165) is 6.21 Å². The number of amides is 2. The quantitative estimate of drug-likeness (QED) is 0.437. The number of rotatable bonds is 7. The number of carbonyl (C=O) groups excluding carboxylic acids is 2. The summed E-state index contributed by atoms with van der Waals surface area (Å²) in [6.45, 7) is -0.425. The molecular weight excluding hydrogens is 364 g/mol. The summed E-state index contributed by atoms with van der Waals surface area (Å²) in [6.07, 6.45) is 0.807. The van der Waals surface area contributed by atoms with E-state index < -0.39 is 23.3 Å². The first-order chi connectivity index (χ1) is 12.5. The summed E-state index contributed by atoms with van der Waals surface area (Å²) < 4.78 is 0. The van der Waals surface area contributed by atoms with Crippen molar-refractivity contribution in [3.63, 3.8) is 0 Å². The second-order valence-corrected chi connectivity index (χ2v) is 5.24. The molecule has 0 unspecified atom stereocenters. The maximum Gasteiger partial charge on any atom is 0.271 e. The molecule has 0 saturated heterocycles. The lowest BCUT2D eigenvalue weighted by Crippen LogP contribution is -2.18. The van der Waals surface area contributed by atoms with E-state index in [-0.39, 0.29) is 11.4 Å². The first-order valence-electron chi connectivity index (χ1n) is 7.21. The molecule has 2 N–H and O–H groups in total.